The summed E-state index contributed by atoms with van der Waals surface area (Å²) in [7, 11) is 0. The van der Waals surface area contributed by atoms with Crippen LogP contribution in [0.3, 0.4) is 0 Å². The van der Waals surface area contributed by atoms with Crippen LogP contribution in [0.1, 0.15) is 57.1 Å². The van der Waals surface area contributed by atoms with E-state index in [1.165, 1.54) is 12.8 Å². The van der Waals surface area contributed by atoms with Gasteiger partial charge in [-0.15, -0.1) is 0 Å². The lowest BCUT2D eigenvalue weighted by atomic mass is 9.79. The fourth-order valence-electron chi connectivity index (χ4n) is 3.10. The minimum absolute atomic E-state index is 0.0374. The molecule has 1 fully saturated rings. The molecule has 2 rings (SSSR count). The molecule has 0 saturated heterocycles. The number of amides is 1. The molecular weight excluding hydrogens is 248 g/mol. The minimum Gasteiger partial charge on any atom is -0.349 e. The maximum absolute atomic E-state index is 12.7. The van der Waals surface area contributed by atoms with Gasteiger partial charge in [-0.25, -0.2) is 0 Å². The molecule has 0 aliphatic heterocycles. The summed E-state index contributed by atoms with van der Waals surface area (Å²) in [6.07, 6.45) is 6.54. The predicted octanol–water partition coefficient (Wildman–Crippen LogP) is 3.16. The van der Waals surface area contributed by atoms with Gasteiger partial charge in [-0.3, -0.25) is 4.79 Å². The van der Waals surface area contributed by atoms with Crippen LogP contribution in [0.5, 0.6) is 0 Å². The molecule has 0 bridgehead atoms. The molecule has 1 aliphatic carbocycles. The molecular formula is C17H26N2O. The van der Waals surface area contributed by atoms with Crippen LogP contribution in [0, 0.1) is 5.41 Å². The lowest BCUT2D eigenvalue weighted by Gasteiger charge is -2.31. The maximum atomic E-state index is 12.7. The van der Waals surface area contributed by atoms with Gasteiger partial charge in [0.15, 0.2) is 0 Å². The minimum atomic E-state index is -0.348. The van der Waals surface area contributed by atoms with Crippen LogP contribution < -0.4 is 11.1 Å². The molecule has 0 aromatic heterocycles. The van der Waals surface area contributed by atoms with E-state index in [9.17, 15) is 4.79 Å². The van der Waals surface area contributed by atoms with Crippen molar-refractivity contribution >= 4 is 5.91 Å². The van der Waals surface area contributed by atoms with Gasteiger partial charge >= 0.3 is 0 Å². The second kappa shape index (κ2) is 6.89. The second-order valence-electron chi connectivity index (χ2n) is 6.00. The smallest absolute Gasteiger partial charge is 0.227 e. The normalized spacial score (nSPS) is 19.9. The number of hydrogen-bond donors (Lipinski definition) is 2. The summed E-state index contributed by atoms with van der Waals surface area (Å²) in [5.74, 6) is 0.137. The van der Waals surface area contributed by atoms with Crippen molar-refractivity contribution in [1.82, 2.24) is 5.32 Å². The van der Waals surface area contributed by atoms with E-state index in [1.807, 2.05) is 37.3 Å². The van der Waals surface area contributed by atoms with Gasteiger partial charge in [-0.05, 0) is 25.3 Å². The van der Waals surface area contributed by atoms with Crippen LogP contribution >= 0.6 is 0 Å². The zero-order valence-corrected chi connectivity index (χ0v) is 12.4. The van der Waals surface area contributed by atoms with Crippen molar-refractivity contribution in [3.05, 3.63) is 35.9 Å². The molecule has 0 radical (unpaired) electrons. The predicted molar refractivity (Wildman–Crippen MR) is 82.2 cm³/mol. The molecule has 110 valence electrons. The summed E-state index contributed by atoms with van der Waals surface area (Å²) in [5.41, 5.74) is 6.75. The lowest BCUT2D eigenvalue weighted by molar-refractivity contribution is -0.132. The maximum Gasteiger partial charge on any atom is 0.227 e. The molecule has 0 spiro atoms. The molecule has 3 N–H and O–H groups in total. The van der Waals surface area contributed by atoms with Crippen molar-refractivity contribution < 1.29 is 4.79 Å². The summed E-state index contributed by atoms with van der Waals surface area (Å²) in [5, 5.41) is 3.17. The Morgan fingerprint density at radius 2 is 1.80 bits per heavy atom. The van der Waals surface area contributed by atoms with Gasteiger partial charge in [0.25, 0.3) is 0 Å². The van der Waals surface area contributed by atoms with Gasteiger partial charge in [0.2, 0.25) is 5.91 Å². The van der Waals surface area contributed by atoms with Crippen molar-refractivity contribution in [2.45, 2.75) is 51.5 Å². The summed E-state index contributed by atoms with van der Waals surface area (Å²) >= 11 is 0. The van der Waals surface area contributed by atoms with Gasteiger partial charge in [-0.1, -0.05) is 56.0 Å². The van der Waals surface area contributed by atoms with Crippen LogP contribution in [0.15, 0.2) is 30.3 Å². The Morgan fingerprint density at radius 1 is 1.20 bits per heavy atom. The van der Waals surface area contributed by atoms with E-state index in [4.69, 9.17) is 5.73 Å². The molecule has 1 amide bonds. The van der Waals surface area contributed by atoms with Crippen LogP contribution in [0.4, 0.5) is 0 Å². The number of nitrogens with one attached hydrogen (secondary N) is 1. The molecule has 3 nitrogen and oxygen atoms in total. The first-order valence-corrected chi connectivity index (χ1v) is 7.74. The van der Waals surface area contributed by atoms with Crippen molar-refractivity contribution in [1.29, 1.82) is 0 Å². The third-order valence-electron chi connectivity index (χ3n) is 4.58. The number of carbonyl (C=O) groups excluding carboxylic acids is 1. The molecule has 3 heteroatoms. The van der Waals surface area contributed by atoms with Crippen LogP contribution in [-0.4, -0.2) is 12.5 Å². The highest BCUT2D eigenvalue weighted by atomic mass is 16.2. The van der Waals surface area contributed by atoms with Gasteiger partial charge in [0, 0.05) is 6.54 Å². The van der Waals surface area contributed by atoms with E-state index < -0.39 is 0 Å². The number of nitrogens with two attached hydrogens (primary N) is 1. The molecule has 1 saturated carbocycles. The Labute approximate surface area is 121 Å². The fourth-order valence-corrected chi connectivity index (χ4v) is 3.10. The first-order valence-electron chi connectivity index (χ1n) is 7.74. The van der Waals surface area contributed by atoms with Gasteiger partial charge in [0.05, 0.1) is 11.5 Å². The number of benzene rings is 1. The van der Waals surface area contributed by atoms with Crippen molar-refractivity contribution in [2.75, 3.05) is 6.54 Å². The van der Waals surface area contributed by atoms with Gasteiger partial charge in [-0.2, -0.15) is 0 Å². The first kappa shape index (κ1) is 15.0. The molecule has 1 aliphatic rings. The van der Waals surface area contributed by atoms with Crippen molar-refractivity contribution in [3.63, 3.8) is 0 Å². The second-order valence-corrected chi connectivity index (χ2v) is 6.00. The van der Waals surface area contributed by atoms with E-state index in [0.717, 1.165) is 31.2 Å². The Bertz CT molecular complexity index is 422. The van der Waals surface area contributed by atoms with Gasteiger partial charge < -0.3 is 11.1 Å². The number of carbonyl (C=O) groups is 1. The monoisotopic (exact) mass is 274 g/mol. The average Bonchev–Trinajstić information content (AvgIpc) is 2.74. The third-order valence-corrected chi connectivity index (χ3v) is 4.58. The Hall–Kier alpha value is -1.35. The van der Waals surface area contributed by atoms with Crippen LogP contribution in [0.2, 0.25) is 0 Å². The first-order chi connectivity index (χ1) is 9.68. The fraction of sp³-hybridized carbons (Fsp3) is 0.588. The van der Waals surface area contributed by atoms with E-state index in [-0.39, 0.29) is 17.4 Å². The topological polar surface area (TPSA) is 55.1 Å². The van der Waals surface area contributed by atoms with Crippen molar-refractivity contribution in [2.24, 2.45) is 11.1 Å². The van der Waals surface area contributed by atoms with E-state index in [2.05, 4.69) is 5.32 Å². The number of rotatable bonds is 4. The Morgan fingerprint density at radius 3 is 2.35 bits per heavy atom. The molecule has 0 heterocycles. The standard InChI is InChI=1S/C17H26N2O/c1-14(15-9-5-4-6-10-15)19-16(20)17(13-18)11-7-2-3-8-12-17/h4-6,9-10,14H,2-3,7-8,11-13,18H2,1H3,(H,19,20)/t14-/m1/s1. The SMILES string of the molecule is C[C@@H](NC(=O)C1(CN)CCCCCC1)c1ccccc1. The Balaban J connectivity index is 2.05. The van der Waals surface area contributed by atoms with Gasteiger partial charge in [0.1, 0.15) is 0 Å². The van der Waals surface area contributed by atoms with E-state index in [0.29, 0.717) is 6.54 Å². The highest BCUT2D eigenvalue weighted by molar-refractivity contribution is 5.83. The van der Waals surface area contributed by atoms with Crippen molar-refractivity contribution in [3.8, 4) is 0 Å². The number of hydrogen-bond acceptors (Lipinski definition) is 2. The van der Waals surface area contributed by atoms with Crippen LogP contribution in [0.25, 0.3) is 0 Å². The van der Waals surface area contributed by atoms with E-state index in [1.54, 1.807) is 0 Å². The zero-order chi connectivity index (χ0) is 14.4. The molecule has 1 atom stereocenters. The van der Waals surface area contributed by atoms with E-state index >= 15 is 0 Å². The zero-order valence-electron chi connectivity index (χ0n) is 12.4. The third kappa shape index (κ3) is 3.40. The van der Waals surface area contributed by atoms with Crippen LogP contribution in [-0.2, 0) is 4.79 Å². The highest BCUT2D eigenvalue weighted by Crippen LogP contribution is 2.35. The molecule has 1 aromatic rings. The summed E-state index contributed by atoms with van der Waals surface area (Å²) in [6, 6.07) is 10.1. The molecule has 1 aromatic carbocycles. The molecule has 0 unspecified atom stereocenters. The average molecular weight is 274 g/mol. The molecule has 20 heavy (non-hydrogen) atoms. The summed E-state index contributed by atoms with van der Waals surface area (Å²) in [4.78, 5) is 12.7. The lowest BCUT2D eigenvalue weighted by Crippen LogP contribution is -2.46. The highest BCUT2D eigenvalue weighted by Gasteiger charge is 2.37. The summed E-state index contributed by atoms with van der Waals surface area (Å²) in [6.45, 7) is 2.49. The largest absolute Gasteiger partial charge is 0.349 e. The quantitative estimate of drug-likeness (QED) is 0.829. The Kier molecular flexibility index (Phi) is 5.18. The summed E-state index contributed by atoms with van der Waals surface area (Å²) < 4.78 is 0.